The van der Waals surface area contributed by atoms with Crippen LogP contribution in [0.1, 0.15) is 11.7 Å². The van der Waals surface area contributed by atoms with Gasteiger partial charge in [0, 0.05) is 31.1 Å². The smallest absolute Gasteiger partial charge is 0.372 e. The molecule has 1 aromatic carbocycles. The molecule has 0 radical (unpaired) electrons. The molecule has 9 nitrogen and oxygen atoms in total. The van der Waals surface area contributed by atoms with E-state index in [1.54, 1.807) is 6.07 Å². The summed E-state index contributed by atoms with van der Waals surface area (Å²) < 4.78 is 29.6. The van der Waals surface area contributed by atoms with Crippen molar-refractivity contribution in [3.8, 4) is 0 Å². The predicted molar refractivity (Wildman–Crippen MR) is 96.2 cm³/mol. The summed E-state index contributed by atoms with van der Waals surface area (Å²) in [5, 5.41) is 5.00. The van der Waals surface area contributed by atoms with Gasteiger partial charge in [-0.05, 0) is 17.7 Å². The minimum Gasteiger partial charge on any atom is -0.372 e. The first-order chi connectivity index (χ1) is 13.4. The van der Waals surface area contributed by atoms with Gasteiger partial charge in [0.25, 0.3) is 0 Å². The van der Waals surface area contributed by atoms with Crippen molar-refractivity contribution < 1.29 is 18.2 Å². The molecule has 28 heavy (non-hydrogen) atoms. The molecular weight excluding hydrogens is 397 g/mol. The third kappa shape index (κ3) is 4.97. The fourth-order valence-corrected chi connectivity index (χ4v) is 3.02. The highest BCUT2D eigenvalue weighted by atomic mass is 35.5. The molecule has 0 bridgehead atoms. The lowest BCUT2D eigenvalue weighted by Gasteiger charge is -2.25. The molecule has 3 rings (SSSR count). The van der Waals surface area contributed by atoms with Crippen LogP contribution in [0.5, 0.6) is 0 Å². The van der Waals surface area contributed by atoms with E-state index in [9.17, 15) is 18.8 Å². The van der Waals surface area contributed by atoms with Crippen LogP contribution >= 0.6 is 11.6 Å². The summed E-state index contributed by atoms with van der Waals surface area (Å²) in [6.07, 6.45) is -0.551. The molecule has 0 spiro atoms. The molecule has 2 atom stereocenters. The van der Waals surface area contributed by atoms with Crippen LogP contribution in [-0.4, -0.2) is 29.6 Å². The Balaban J connectivity index is 2.01. The van der Waals surface area contributed by atoms with E-state index in [1.165, 1.54) is 12.1 Å². The number of nitrogens with zero attached hydrogens (tertiary/aromatic N) is 1. The first-order valence-electron chi connectivity index (χ1n) is 8.39. The Kier molecular flexibility index (Phi) is 6.45. The second kappa shape index (κ2) is 9.00. The second-order valence-corrected chi connectivity index (χ2v) is 6.47. The maximum absolute atomic E-state index is 13.5. The number of hydrogen-bond donors (Lipinski definition) is 2. The van der Waals surface area contributed by atoms with Crippen LogP contribution in [0.25, 0.3) is 0 Å². The van der Waals surface area contributed by atoms with Crippen LogP contribution in [0.2, 0.25) is 5.02 Å². The van der Waals surface area contributed by atoms with Crippen molar-refractivity contribution in [2.75, 3.05) is 19.7 Å². The number of nitrogens with one attached hydrogen (secondary N) is 2. The maximum atomic E-state index is 13.5. The Labute approximate surface area is 161 Å². The van der Waals surface area contributed by atoms with Crippen molar-refractivity contribution >= 4 is 11.6 Å². The first-order valence-corrected chi connectivity index (χ1v) is 8.77. The van der Waals surface area contributed by atoms with E-state index in [0.717, 1.165) is 16.9 Å². The molecule has 150 valence electrons. The van der Waals surface area contributed by atoms with E-state index in [0.29, 0.717) is 25.3 Å². The minimum atomic E-state index is -0.939. The van der Waals surface area contributed by atoms with Crippen molar-refractivity contribution in [2.45, 2.75) is 12.6 Å². The molecule has 1 aromatic heterocycles. The molecule has 1 saturated heterocycles. The number of ether oxygens (including phenoxy) is 1. The number of hydrogen-bond acceptors (Lipinski definition) is 7. The minimum absolute atomic E-state index is 0.0546. The van der Waals surface area contributed by atoms with Crippen molar-refractivity contribution in [1.29, 1.82) is 0 Å². The maximum Gasteiger partial charge on any atom is 0.383 e. The lowest BCUT2D eigenvalue weighted by atomic mass is 9.95. The third-order valence-electron chi connectivity index (χ3n) is 4.10. The standard InChI is InChI=1S/C17H17ClFN3O6/c18-12-7-10(1-2-13(12)19)16-11(8-20-5-6-26-16)9-22-17(25)21-27-14(23)3-4-15(24)28-22/h1-4,7,11,16,20H,5-6,8-9H2,(H,21,25)/t11-,16-/m0/s1. The molecule has 1 fully saturated rings. The summed E-state index contributed by atoms with van der Waals surface area (Å²) in [5.41, 5.74) is -2.17. The summed E-state index contributed by atoms with van der Waals surface area (Å²) in [6, 6.07) is 5.89. The zero-order valence-electron chi connectivity index (χ0n) is 14.5. The first kappa shape index (κ1) is 20.1. The van der Waals surface area contributed by atoms with E-state index in [-0.39, 0.29) is 17.5 Å². The Bertz CT molecular complexity index is 1060. The highest BCUT2D eigenvalue weighted by Crippen LogP contribution is 2.30. The Morgan fingerprint density at radius 1 is 1.18 bits per heavy atom. The van der Waals surface area contributed by atoms with Crippen LogP contribution in [0.3, 0.4) is 0 Å². The summed E-state index contributed by atoms with van der Waals surface area (Å²) in [5.74, 6) is -0.946. The Morgan fingerprint density at radius 2 is 1.96 bits per heavy atom. The van der Waals surface area contributed by atoms with Gasteiger partial charge in [-0.15, -0.1) is 0 Å². The van der Waals surface area contributed by atoms with Crippen LogP contribution in [0.15, 0.2) is 53.8 Å². The highest BCUT2D eigenvalue weighted by Gasteiger charge is 2.28. The second-order valence-electron chi connectivity index (χ2n) is 6.06. The largest absolute Gasteiger partial charge is 0.383 e. The zero-order valence-corrected chi connectivity index (χ0v) is 15.3. The average Bonchev–Trinajstić information content (AvgIpc) is 2.88. The van der Waals surface area contributed by atoms with Gasteiger partial charge in [0.15, 0.2) is 0 Å². The fraction of sp³-hybridized carbons (Fsp3) is 0.353. The van der Waals surface area contributed by atoms with E-state index in [4.69, 9.17) is 20.9 Å². The number of aromatic nitrogens is 2. The average molecular weight is 414 g/mol. The molecule has 11 heteroatoms. The van der Waals surface area contributed by atoms with Crippen LogP contribution < -0.4 is 22.3 Å². The fourth-order valence-electron chi connectivity index (χ4n) is 2.84. The van der Waals surface area contributed by atoms with Gasteiger partial charge in [0.2, 0.25) is 0 Å². The van der Waals surface area contributed by atoms with Gasteiger partial charge in [-0.2, -0.15) is 9.90 Å². The van der Waals surface area contributed by atoms with E-state index < -0.39 is 28.9 Å². The van der Waals surface area contributed by atoms with Crippen molar-refractivity contribution in [3.05, 3.63) is 78.1 Å². The predicted octanol–water partition coefficient (Wildman–Crippen LogP) is 0.977. The normalized spacial score (nSPS) is 19.6. The lowest BCUT2D eigenvalue weighted by Crippen LogP contribution is -2.33. The monoisotopic (exact) mass is 413 g/mol. The van der Waals surface area contributed by atoms with Crippen molar-refractivity contribution in [1.82, 2.24) is 15.2 Å². The van der Waals surface area contributed by atoms with Gasteiger partial charge in [-0.1, -0.05) is 17.7 Å². The van der Waals surface area contributed by atoms with Crippen molar-refractivity contribution in [3.63, 3.8) is 0 Å². The number of rotatable bonds is 3. The Morgan fingerprint density at radius 3 is 2.75 bits per heavy atom. The number of benzene rings is 1. The van der Waals surface area contributed by atoms with Crippen molar-refractivity contribution in [2.24, 2.45) is 5.92 Å². The van der Waals surface area contributed by atoms with E-state index >= 15 is 0 Å². The number of aromatic amines is 1. The topological polar surface area (TPSA) is 119 Å². The SMILES string of the molecule is O=c1ccc(=O)on(C[C@@H]2CNCCO[C@H]2c2ccc(F)c(Cl)c2)c(=O)[nH]o1. The lowest BCUT2D eigenvalue weighted by molar-refractivity contribution is 0.0144. The summed E-state index contributed by atoms with van der Waals surface area (Å²) in [4.78, 5) is 35.3. The number of halogens is 2. The molecule has 2 aromatic rings. The van der Waals surface area contributed by atoms with Gasteiger partial charge in [0.1, 0.15) is 5.82 Å². The van der Waals surface area contributed by atoms with Gasteiger partial charge >= 0.3 is 16.9 Å². The highest BCUT2D eigenvalue weighted by molar-refractivity contribution is 6.30. The van der Waals surface area contributed by atoms with E-state index in [2.05, 4.69) is 9.84 Å². The zero-order chi connectivity index (χ0) is 20.1. The molecule has 0 unspecified atom stereocenters. The quantitative estimate of drug-likeness (QED) is 0.769. The third-order valence-corrected chi connectivity index (χ3v) is 4.39. The summed E-state index contributed by atoms with van der Waals surface area (Å²) >= 11 is 5.88. The van der Waals surface area contributed by atoms with Crippen LogP contribution in [0, 0.1) is 11.7 Å². The Hall–Kier alpha value is -2.69. The summed E-state index contributed by atoms with van der Waals surface area (Å²) in [6.45, 7) is 1.27. The van der Waals surface area contributed by atoms with Gasteiger partial charge in [-0.25, -0.2) is 18.8 Å². The molecule has 1 aliphatic rings. The van der Waals surface area contributed by atoms with Gasteiger partial charge in [-0.3, -0.25) is 0 Å². The molecule has 2 N–H and O–H groups in total. The molecule has 0 saturated carbocycles. The van der Waals surface area contributed by atoms with E-state index in [1.807, 2.05) is 5.16 Å². The molecule has 2 heterocycles. The van der Waals surface area contributed by atoms with Crippen LogP contribution in [0.4, 0.5) is 4.39 Å². The van der Waals surface area contributed by atoms with Gasteiger partial charge < -0.3 is 19.1 Å². The number of H-pyrrole nitrogens is 1. The molecule has 0 aliphatic carbocycles. The van der Waals surface area contributed by atoms with Gasteiger partial charge in [0.05, 0.1) is 24.3 Å². The van der Waals surface area contributed by atoms with Crippen LogP contribution in [-0.2, 0) is 11.3 Å². The summed E-state index contributed by atoms with van der Waals surface area (Å²) in [7, 11) is 0. The molecule has 1 aliphatic heterocycles. The molecule has 0 amide bonds. The molecular formula is C17H17ClFN3O6.